The van der Waals surface area contributed by atoms with E-state index < -0.39 is 23.8 Å². The minimum Gasteiger partial charge on any atom is -0.444 e. The van der Waals surface area contributed by atoms with E-state index in [0.717, 1.165) is 24.0 Å². The smallest absolute Gasteiger partial charge is 0.408 e. The van der Waals surface area contributed by atoms with Crippen LogP contribution in [0, 0.1) is 6.92 Å². The van der Waals surface area contributed by atoms with Gasteiger partial charge in [0.15, 0.2) is 0 Å². The highest BCUT2D eigenvalue weighted by Gasteiger charge is 2.36. The van der Waals surface area contributed by atoms with E-state index in [2.05, 4.69) is 17.6 Å². The topological polar surface area (TPSA) is 87.7 Å². The SMILES string of the molecule is CCCCNC(=O)C(c1ccccc1C)N(C(=O)C(C)NC(=O)OC(C)(C)C)C(C)C. The fraction of sp³-hybridized carbons (Fsp3) is 0.625. The maximum atomic E-state index is 13.4. The number of alkyl carbamates (subject to hydrolysis) is 1. The molecule has 0 saturated carbocycles. The third-order valence-corrected chi connectivity index (χ3v) is 4.75. The van der Waals surface area contributed by atoms with E-state index >= 15 is 0 Å². The molecule has 0 radical (unpaired) electrons. The van der Waals surface area contributed by atoms with Gasteiger partial charge >= 0.3 is 6.09 Å². The zero-order chi connectivity index (χ0) is 23.8. The number of ether oxygens (including phenoxy) is 1. The largest absolute Gasteiger partial charge is 0.444 e. The van der Waals surface area contributed by atoms with Crippen molar-refractivity contribution in [3.8, 4) is 0 Å². The Morgan fingerprint density at radius 3 is 2.23 bits per heavy atom. The van der Waals surface area contributed by atoms with Crippen LogP contribution in [0.4, 0.5) is 4.79 Å². The Labute approximate surface area is 186 Å². The van der Waals surface area contributed by atoms with E-state index in [1.807, 2.05) is 45.0 Å². The molecule has 0 spiro atoms. The van der Waals surface area contributed by atoms with Gasteiger partial charge in [0.05, 0.1) is 0 Å². The van der Waals surface area contributed by atoms with Gasteiger partial charge in [-0.25, -0.2) is 4.79 Å². The van der Waals surface area contributed by atoms with Gasteiger partial charge in [-0.3, -0.25) is 9.59 Å². The quantitative estimate of drug-likeness (QED) is 0.574. The van der Waals surface area contributed by atoms with Crippen molar-refractivity contribution in [1.29, 1.82) is 0 Å². The molecule has 3 amide bonds. The van der Waals surface area contributed by atoms with Crippen molar-refractivity contribution in [2.75, 3.05) is 6.54 Å². The van der Waals surface area contributed by atoms with Gasteiger partial charge in [0, 0.05) is 12.6 Å². The summed E-state index contributed by atoms with van der Waals surface area (Å²) in [6, 6.07) is 5.64. The number of benzene rings is 1. The molecule has 0 bridgehead atoms. The monoisotopic (exact) mass is 433 g/mol. The number of nitrogens with one attached hydrogen (secondary N) is 2. The number of hydrogen-bond acceptors (Lipinski definition) is 4. The van der Waals surface area contributed by atoms with E-state index in [-0.39, 0.29) is 17.9 Å². The van der Waals surface area contributed by atoms with Gasteiger partial charge < -0.3 is 20.3 Å². The summed E-state index contributed by atoms with van der Waals surface area (Å²) < 4.78 is 5.28. The van der Waals surface area contributed by atoms with Gasteiger partial charge in [-0.2, -0.15) is 0 Å². The number of nitrogens with zero attached hydrogens (tertiary/aromatic N) is 1. The summed E-state index contributed by atoms with van der Waals surface area (Å²) in [5, 5.41) is 5.57. The zero-order valence-corrected chi connectivity index (χ0v) is 20.2. The van der Waals surface area contributed by atoms with Crippen LogP contribution in [0.25, 0.3) is 0 Å². The van der Waals surface area contributed by atoms with Crippen molar-refractivity contribution < 1.29 is 19.1 Å². The number of rotatable bonds is 9. The lowest BCUT2D eigenvalue weighted by Crippen LogP contribution is -2.54. The average molecular weight is 434 g/mol. The predicted molar refractivity (Wildman–Crippen MR) is 123 cm³/mol. The molecule has 0 aliphatic rings. The first kappa shape index (κ1) is 26.5. The van der Waals surface area contributed by atoms with Gasteiger partial charge in [-0.15, -0.1) is 0 Å². The van der Waals surface area contributed by atoms with Crippen LogP contribution >= 0.6 is 0 Å². The Bertz CT molecular complexity index is 755. The van der Waals surface area contributed by atoms with Crippen LogP contribution in [0.5, 0.6) is 0 Å². The maximum absolute atomic E-state index is 13.4. The molecule has 7 heteroatoms. The molecule has 0 saturated heterocycles. The summed E-state index contributed by atoms with van der Waals surface area (Å²) in [7, 11) is 0. The van der Waals surface area contributed by atoms with Crippen molar-refractivity contribution in [2.45, 2.75) is 92.0 Å². The molecule has 0 heterocycles. The van der Waals surface area contributed by atoms with E-state index in [1.165, 1.54) is 0 Å². The Hall–Kier alpha value is -2.57. The zero-order valence-electron chi connectivity index (χ0n) is 20.2. The van der Waals surface area contributed by atoms with Crippen LogP contribution in [0.2, 0.25) is 0 Å². The molecule has 1 rings (SSSR count). The summed E-state index contributed by atoms with van der Waals surface area (Å²) >= 11 is 0. The van der Waals surface area contributed by atoms with Gasteiger partial charge in [0.1, 0.15) is 17.7 Å². The summed E-state index contributed by atoms with van der Waals surface area (Å²) in [4.78, 5) is 40.4. The molecule has 1 aromatic rings. The number of aryl methyl sites for hydroxylation is 1. The van der Waals surface area contributed by atoms with Crippen molar-refractivity contribution in [1.82, 2.24) is 15.5 Å². The Balaban J connectivity index is 3.23. The van der Waals surface area contributed by atoms with Crippen molar-refractivity contribution in [3.05, 3.63) is 35.4 Å². The molecule has 1 aromatic carbocycles. The van der Waals surface area contributed by atoms with Gasteiger partial charge in [0.2, 0.25) is 11.8 Å². The first-order chi connectivity index (χ1) is 14.4. The second-order valence-electron chi connectivity index (χ2n) is 9.11. The molecule has 0 fully saturated rings. The second kappa shape index (κ2) is 11.7. The molecule has 7 nitrogen and oxygen atoms in total. The van der Waals surface area contributed by atoms with Crippen LogP contribution in [0.3, 0.4) is 0 Å². The highest BCUT2D eigenvalue weighted by atomic mass is 16.6. The lowest BCUT2D eigenvalue weighted by molar-refractivity contribution is -0.144. The molecule has 2 N–H and O–H groups in total. The second-order valence-corrected chi connectivity index (χ2v) is 9.11. The lowest BCUT2D eigenvalue weighted by atomic mass is 9.97. The minimum absolute atomic E-state index is 0.228. The van der Waals surface area contributed by atoms with E-state index in [0.29, 0.717) is 6.54 Å². The van der Waals surface area contributed by atoms with Crippen molar-refractivity contribution in [3.63, 3.8) is 0 Å². The van der Waals surface area contributed by atoms with Crippen molar-refractivity contribution >= 4 is 17.9 Å². The van der Waals surface area contributed by atoms with E-state index in [9.17, 15) is 14.4 Å². The average Bonchev–Trinajstić information content (AvgIpc) is 2.64. The molecule has 174 valence electrons. The number of carbonyl (C=O) groups is 3. The van der Waals surface area contributed by atoms with E-state index in [4.69, 9.17) is 4.74 Å². The number of unbranched alkanes of at least 4 members (excludes halogenated alkanes) is 1. The van der Waals surface area contributed by atoms with Crippen LogP contribution in [-0.2, 0) is 14.3 Å². The third-order valence-electron chi connectivity index (χ3n) is 4.75. The van der Waals surface area contributed by atoms with Crippen LogP contribution < -0.4 is 10.6 Å². The van der Waals surface area contributed by atoms with Gasteiger partial charge in [-0.05, 0) is 66.0 Å². The Morgan fingerprint density at radius 2 is 1.71 bits per heavy atom. The molecular formula is C24H39N3O4. The van der Waals surface area contributed by atoms with Crippen molar-refractivity contribution in [2.24, 2.45) is 0 Å². The standard InChI is InChI=1S/C24H39N3O4/c1-9-10-15-25-21(28)20(19-14-12-11-13-17(19)4)27(16(2)3)22(29)18(5)26-23(30)31-24(6,7)8/h11-14,16,18,20H,9-10,15H2,1-8H3,(H,25,28)(H,26,30). The molecular weight excluding hydrogens is 394 g/mol. The highest BCUT2D eigenvalue weighted by molar-refractivity contribution is 5.92. The third kappa shape index (κ3) is 8.23. The predicted octanol–water partition coefficient (Wildman–Crippen LogP) is 4.10. The first-order valence-corrected chi connectivity index (χ1v) is 11.0. The molecule has 0 aliphatic carbocycles. The van der Waals surface area contributed by atoms with Gasteiger partial charge in [-0.1, -0.05) is 37.6 Å². The molecule has 31 heavy (non-hydrogen) atoms. The summed E-state index contributed by atoms with van der Waals surface area (Å²) in [6.07, 6.45) is 1.15. The van der Waals surface area contributed by atoms with Crippen LogP contribution in [-0.4, -0.2) is 47.0 Å². The minimum atomic E-state index is -0.854. The fourth-order valence-electron chi connectivity index (χ4n) is 3.25. The summed E-state index contributed by atoms with van der Waals surface area (Å²) in [5.74, 6) is -0.575. The molecule has 2 atom stereocenters. The molecule has 0 aromatic heterocycles. The molecule has 2 unspecified atom stereocenters. The number of hydrogen-bond donors (Lipinski definition) is 2. The maximum Gasteiger partial charge on any atom is 0.408 e. The Kier molecular flexibility index (Phi) is 10.0. The van der Waals surface area contributed by atoms with E-state index in [1.54, 1.807) is 32.6 Å². The number of carbonyl (C=O) groups excluding carboxylic acids is 3. The molecule has 0 aliphatic heterocycles. The normalized spacial score (nSPS) is 13.3. The van der Waals surface area contributed by atoms with Gasteiger partial charge in [0.25, 0.3) is 0 Å². The highest BCUT2D eigenvalue weighted by Crippen LogP contribution is 2.27. The first-order valence-electron chi connectivity index (χ1n) is 11.0. The number of amides is 3. The van der Waals surface area contributed by atoms with Crippen LogP contribution in [0.1, 0.15) is 78.5 Å². The lowest BCUT2D eigenvalue weighted by Gasteiger charge is -2.37. The van der Waals surface area contributed by atoms with Crippen LogP contribution in [0.15, 0.2) is 24.3 Å². The summed E-state index contributed by atoms with van der Waals surface area (Å²) in [6.45, 7) is 15.1. The Morgan fingerprint density at radius 1 is 1.10 bits per heavy atom. The summed E-state index contributed by atoms with van der Waals surface area (Å²) in [5.41, 5.74) is 1.01. The fourth-order valence-corrected chi connectivity index (χ4v) is 3.25.